The smallest absolute Gasteiger partial charge is 0.143 e. The highest BCUT2D eigenvalue weighted by atomic mass is 16.3. The first-order valence-corrected chi connectivity index (χ1v) is 16.8. The third-order valence-corrected chi connectivity index (χ3v) is 10.3. The Morgan fingerprint density at radius 3 is 1.84 bits per heavy atom. The monoisotopic (exact) mass is 624 g/mol. The molecule has 0 unspecified atom stereocenters. The molecule has 0 amide bonds. The number of benzene rings is 8. The Labute approximate surface area is 281 Å². The number of fused-ring (bicyclic) bond motifs is 10. The Kier molecular flexibility index (Phi) is 5.38. The van der Waals surface area contributed by atoms with Crippen LogP contribution in [0.25, 0.3) is 98.8 Å². The van der Waals surface area contributed by atoms with E-state index in [4.69, 9.17) is 4.42 Å². The molecule has 0 aliphatic carbocycles. The van der Waals surface area contributed by atoms with E-state index in [0.717, 1.165) is 44.4 Å². The summed E-state index contributed by atoms with van der Waals surface area (Å²) in [5.74, 6) is 0. The number of furan rings is 1. The topological polar surface area (TPSA) is 23.0 Å². The maximum atomic E-state index is 6.46. The molecule has 0 aliphatic rings. The lowest BCUT2D eigenvalue weighted by Gasteiger charge is -2.12. The molecule has 0 spiro atoms. The van der Waals surface area contributed by atoms with Gasteiger partial charge in [0.05, 0.1) is 22.1 Å². The SMILES string of the molecule is c1ccc(-n2c3cc4ccccc4cc3c3cc4c5ccccc5n(-c5cccc(-c6cccc7c6oc6ccccc67)c5)c4cc32)cc1. The second-order valence-corrected chi connectivity index (χ2v) is 13.0. The predicted molar refractivity (Wildman–Crippen MR) is 205 cm³/mol. The molecule has 11 aromatic rings. The number of hydrogen-bond donors (Lipinski definition) is 0. The van der Waals surface area contributed by atoms with Gasteiger partial charge in [-0.05, 0) is 77.0 Å². The minimum atomic E-state index is 0.911. The second-order valence-electron chi connectivity index (χ2n) is 13.0. The molecule has 0 fully saturated rings. The van der Waals surface area contributed by atoms with E-state index in [0.29, 0.717) is 0 Å². The summed E-state index contributed by atoms with van der Waals surface area (Å²) in [6, 6.07) is 61.3. The third-order valence-electron chi connectivity index (χ3n) is 10.3. The average Bonchev–Trinajstić information content (AvgIpc) is 3.80. The molecule has 3 nitrogen and oxygen atoms in total. The molecular weight excluding hydrogens is 597 g/mol. The summed E-state index contributed by atoms with van der Waals surface area (Å²) < 4.78 is 11.3. The first kappa shape index (κ1) is 26.5. The molecule has 3 aromatic heterocycles. The first-order valence-electron chi connectivity index (χ1n) is 16.8. The summed E-state index contributed by atoms with van der Waals surface area (Å²) >= 11 is 0. The predicted octanol–water partition coefficient (Wildman–Crippen LogP) is 12.6. The molecule has 3 heterocycles. The summed E-state index contributed by atoms with van der Waals surface area (Å²) in [6.45, 7) is 0. The van der Waals surface area contributed by atoms with E-state index in [1.807, 2.05) is 12.1 Å². The Hall–Kier alpha value is -6.58. The van der Waals surface area contributed by atoms with E-state index in [1.165, 1.54) is 54.4 Å². The van der Waals surface area contributed by atoms with E-state index >= 15 is 0 Å². The van der Waals surface area contributed by atoms with Gasteiger partial charge in [0.15, 0.2) is 0 Å². The fraction of sp³-hybridized carbons (Fsp3) is 0. The molecule has 0 aliphatic heterocycles. The van der Waals surface area contributed by atoms with Crippen LogP contribution in [0.2, 0.25) is 0 Å². The molecule has 49 heavy (non-hydrogen) atoms. The van der Waals surface area contributed by atoms with Crippen LogP contribution in [-0.4, -0.2) is 9.13 Å². The highest BCUT2D eigenvalue weighted by Gasteiger charge is 2.20. The summed E-state index contributed by atoms with van der Waals surface area (Å²) in [5, 5.41) is 9.77. The molecule has 0 saturated carbocycles. The molecule has 0 atom stereocenters. The van der Waals surface area contributed by atoms with Gasteiger partial charge in [0.2, 0.25) is 0 Å². The van der Waals surface area contributed by atoms with E-state index in [9.17, 15) is 0 Å². The molecule has 0 radical (unpaired) electrons. The fourth-order valence-corrected chi connectivity index (χ4v) is 8.08. The maximum Gasteiger partial charge on any atom is 0.143 e. The number of hydrogen-bond acceptors (Lipinski definition) is 1. The Morgan fingerprint density at radius 2 is 0.959 bits per heavy atom. The standard InChI is InChI=1S/C46H28N2O/c1-2-15-32(16-3-1)47-42-26-30-13-5-4-12-29(30)25-38(42)40-27-39-35-18-6-8-22-41(35)48(43(39)28-44(40)47)33-17-10-14-31(24-33)34-20-11-21-37-36-19-7-9-23-45(36)49-46(34)37/h1-28H. The van der Waals surface area contributed by atoms with Gasteiger partial charge >= 0.3 is 0 Å². The highest BCUT2D eigenvalue weighted by Crippen LogP contribution is 2.42. The van der Waals surface area contributed by atoms with Gasteiger partial charge in [-0.15, -0.1) is 0 Å². The fourth-order valence-electron chi connectivity index (χ4n) is 8.08. The number of para-hydroxylation sites is 4. The first-order chi connectivity index (χ1) is 24.3. The zero-order valence-corrected chi connectivity index (χ0v) is 26.5. The Morgan fingerprint density at radius 1 is 0.347 bits per heavy atom. The van der Waals surface area contributed by atoms with Crippen molar-refractivity contribution in [3.8, 4) is 22.5 Å². The lowest BCUT2D eigenvalue weighted by Crippen LogP contribution is -1.96. The molecule has 0 N–H and O–H groups in total. The van der Waals surface area contributed by atoms with Gasteiger partial charge in [-0.2, -0.15) is 0 Å². The van der Waals surface area contributed by atoms with E-state index in [-0.39, 0.29) is 0 Å². The van der Waals surface area contributed by atoms with Crippen molar-refractivity contribution in [1.29, 1.82) is 0 Å². The minimum absolute atomic E-state index is 0.911. The van der Waals surface area contributed by atoms with Crippen molar-refractivity contribution in [3.63, 3.8) is 0 Å². The quantitative estimate of drug-likeness (QED) is 0.192. The zero-order valence-electron chi connectivity index (χ0n) is 26.5. The molecule has 228 valence electrons. The molecule has 0 saturated heterocycles. The average molecular weight is 625 g/mol. The van der Waals surface area contributed by atoms with Crippen molar-refractivity contribution in [1.82, 2.24) is 9.13 Å². The summed E-state index contributed by atoms with van der Waals surface area (Å²) in [6.07, 6.45) is 0. The molecule has 3 heteroatoms. The van der Waals surface area contributed by atoms with Gasteiger partial charge in [0.25, 0.3) is 0 Å². The van der Waals surface area contributed by atoms with Crippen LogP contribution in [0.1, 0.15) is 0 Å². The van der Waals surface area contributed by atoms with Gasteiger partial charge in [-0.1, -0.05) is 109 Å². The number of nitrogens with zero attached hydrogens (tertiary/aromatic N) is 2. The second kappa shape index (κ2) is 9.96. The van der Waals surface area contributed by atoms with Crippen molar-refractivity contribution >= 4 is 76.3 Å². The van der Waals surface area contributed by atoms with Gasteiger partial charge in [-0.3, -0.25) is 0 Å². The van der Waals surface area contributed by atoms with Crippen molar-refractivity contribution in [2.75, 3.05) is 0 Å². The summed E-state index contributed by atoms with van der Waals surface area (Å²) in [7, 11) is 0. The van der Waals surface area contributed by atoms with Crippen LogP contribution in [0.4, 0.5) is 0 Å². The van der Waals surface area contributed by atoms with Crippen molar-refractivity contribution in [2.24, 2.45) is 0 Å². The van der Waals surface area contributed by atoms with E-state index < -0.39 is 0 Å². The third kappa shape index (κ3) is 3.78. The van der Waals surface area contributed by atoms with Crippen LogP contribution in [0, 0.1) is 0 Å². The summed E-state index contributed by atoms with van der Waals surface area (Å²) in [4.78, 5) is 0. The Balaban J connectivity index is 1.22. The lowest BCUT2D eigenvalue weighted by molar-refractivity contribution is 0.670. The van der Waals surface area contributed by atoms with E-state index in [1.54, 1.807) is 0 Å². The van der Waals surface area contributed by atoms with Crippen molar-refractivity contribution in [2.45, 2.75) is 0 Å². The maximum absolute atomic E-state index is 6.46. The van der Waals surface area contributed by atoms with Crippen LogP contribution >= 0.6 is 0 Å². The van der Waals surface area contributed by atoms with Crippen LogP contribution in [-0.2, 0) is 0 Å². The summed E-state index contributed by atoms with van der Waals surface area (Å²) in [5.41, 5.74) is 11.1. The zero-order chi connectivity index (χ0) is 32.1. The van der Waals surface area contributed by atoms with E-state index in [2.05, 4.69) is 167 Å². The van der Waals surface area contributed by atoms with Crippen LogP contribution in [0.15, 0.2) is 174 Å². The molecule has 8 aromatic carbocycles. The van der Waals surface area contributed by atoms with Crippen molar-refractivity contribution < 1.29 is 4.42 Å². The molecule has 0 bridgehead atoms. The Bertz CT molecular complexity index is 3100. The van der Waals surface area contributed by atoms with Gasteiger partial charge in [0.1, 0.15) is 11.2 Å². The van der Waals surface area contributed by atoms with Crippen LogP contribution in [0.5, 0.6) is 0 Å². The van der Waals surface area contributed by atoms with Crippen LogP contribution in [0.3, 0.4) is 0 Å². The lowest BCUT2D eigenvalue weighted by atomic mass is 10.0. The highest BCUT2D eigenvalue weighted by molar-refractivity contribution is 6.21. The van der Waals surface area contributed by atoms with Gasteiger partial charge in [-0.25, -0.2) is 0 Å². The number of rotatable bonds is 3. The number of aromatic nitrogens is 2. The normalized spacial score (nSPS) is 12.1. The van der Waals surface area contributed by atoms with Gasteiger partial charge in [0, 0.05) is 49.3 Å². The molecule has 11 rings (SSSR count). The molecular formula is C46H28N2O. The minimum Gasteiger partial charge on any atom is -0.455 e. The van der Waals surface area contributed by atoms with Gasteiger partial charge < -0.3 is 13.6 Å². The largest absolute Gasteiger partial charge is 0.455 e. The van der Waals surface area contributed by atoms with Crippen molar-refractivity contribution in [3.05, 3.63) is 170 Å². The van der Waals surface area contributed by atoms with Crippen LogP contribution < -0.4 is 0 Å².